The van der Waals surface area contributed by atoms with E-state index in [4.69, 9.17) is 5.10 Å². The van der Waals surface area contributed by atoms with Gasteiger partial charge in [0.15, 0.2) is 17.1 Å². The third-order valence-electron chi connectivity index (χ3n) is 5.64. The number of benzene rings is 2. The molecule has 1 aliphatic carbocycles. The average Bonchev–Trinajstić information content (AvgIpc) is 3.05. The van der Waals surface area contributed by atoms with E-state index in [1.165, 1.54) is 11.1 Å². The highest BCUT2D eigenvalue weighted by molar-refractivity contribution is 5.97. The zero-order valence-corrected chi connectivity index (χ0v) is 15.9. The Bertz CT molecular complexity index is 1210. The summed E-state index contributed by atoms with van der Waals surface area (Å²) in [7, 11) is 0. The molecule has 0 unspecified atom stereocenters. The molecule has 0 saturated carbocycles. The predicted molar refractivity (Wildman–Crippen MR) is 108 cm³/mol. The Balaban J connectivity index is 1.69. The first-order valence-electron chi connectivity index (χ1n) is 9.52. The fourth-order valence-corrected chi connectivity index (χ4v) is 4.28. The van der Waals surface area contributed by atoms with E-state index in [1.807, 2.05) is 53.9 Å². The van der Waals surface area contributed by atoms with Gasteiger partial charge in [-0.3, -0.25) is 4.79 Å². The number of nitrogens with zero attached hydrogens (tertiary/aromatic N) is 4. The van der Waals surface area contributed by atoms with Crippen molar-refractivity contribution in [1.82, 2.24) is 19.8 Å². The lowest BCUT2D eigenvalue weighted by Crippen LogP contribution is -2.24. The van der Waals surface area contributed by atoms with E-state index in [-0.39, 0.29) is 11.7 Å². The maximum Gasteiger partial charge on any atom is 0.185 e. The van der Waals surface area contributed by atoms with Gasteiger partial charge in [0.1, 0.15) is 0 Å². The van der Waals surface area contributed by atoms with Gasteiger partial charge in [-0.25, -0.2) is 4.52 Å². The van der Waals surface area contributed by atoms with Crippen LogP contribution in [0.1, 0.15) is 45.3 Å². The highest BCUT2D eigenvalue weighted by Crippen LogP contribution is 2.35. The molecule has 5 nitrogen and oxygen atoms in total. The number of carbonyl (C=O) groups excluding carboxylic acids is 1. The van der Waals surface area contributed by atoms with E-state index in [1.54, 1.807) is 0 Å². The first-order chi connectivity index (χ1) is 13.6. The second-order valence-electron chi connectivity index (χ2n) is 7.44. The minimum Gasteiger partial charge on any atom is -0.292 e. The molecule has 1 atom stereocenters. The Kier molecular flexibility index (Phi) is 3.83. The highest BCUT2D eigenvalue weighted by atomic mass is 16.1. The molecule has 0 spiro atoms. The Morgan fingerprint density at radius 1 is 0.929 bits per heavy atom. The van der Waals surface area contributed by atoms with Gasteiger partial charge in [-0.15, -0.1) is 10.2 Å². The lowest BCUT2D eigenvalue weighted by Gasteiger charge is -2.24. The summed E-state index contributed by atoms with van der Waals surface area (Å²) in [6, 6.07) is 18.4. The molecule has 2 aromatic heterocycles. The lowest BCUT2D eigenvalue weighted by atomic mass is 9.82. The number of hydrogen-bond acceptors (Lipinski definition) is 4. The smallest absolute Gasteiger partial charge is 0.185 e. The molecule has 0 amide bonds. The second-order valence-corrected chi connectivity index (χ2v) is 7.44. The third-order valence-corrected chi connectivity index (χ3v) is 5.64. The van der Waals surface area contributed by atoms with Crippen LogP contribution in [0.4, 0.5) is 0 Å². The molecule has 5 rings (SSSR count). The van der Waals surface area contributed by atoms with Gasteiger partial charge in [0.05, 0.1) is 17.0 Å². The van der Waals surface area contributed by atoms with Crippen molar-refractivity contribution in [2.24, 2.45) is 0 Å². The summed E-state index contributed by atoms with van der Waals surface area (Å²) in [5, 5.41) is 13.5. The first kappa shape index (κ1) is 16.8. The van der Waals surface area contributed by atoms with E-state index < -0.39 is 0 Å². The molecule has 28 heavy (non-hydrogen) atoms. The number of carbonyl (C=O) groups is 1. The molecule has 0 fully saturated rings. The van der Waals surface area contributed by atoms with Crippen LogP contribution in [0.15, 0.2) is 54.6 Å². The SMILES string of the molecule is Cc1ccccc1[C@@H]1CC(=O)c2nnc3c(-c4ccccc4)c(C)nn3c2C1. The molecule has 138 valence electrons. The third kappa shape index (κ3) is 2.54. The number of aromatic nitrogens is 4. The number of ketones is 1. The Hall–Kier alpha value is -3.34. The van der Waals surface area contributed by atoms with E-state index >= 15 is 0 Å². The van der Waals surface area contributed by atoms with Gasteiger partial charge in [0, 0.05) is 6.42 Å². The van der Waals surface area contributed by atoms with E-state index in [2.05, 4.69) is 29.3 Å². The van der Waals surface area contributed by atoms with Crippen molar-refractivity contribution in [1.29, 1.82) is 0 Å². The largest absolute Gasteiger partial charge is 0.292 e. The normalized spacial score (nSPS) is 16.4. The summed E-state index contributed by atoms with van der Waals surface area (Å²) < 4.78 is 1.84. The summed E-state index contributed by atoms with van der Waals surface area (Å²) in [5.74, 6) is 0.177. The van der Waals surface area contributed by atoms with Gasteiger partial charge in [0.2, 0.25) is 0 Å². The van der Waals surface area contributed by atoms with Crippen molar-refractivity contribution >= 4 is 11.4 Å². The van der Waals surface area contributed by atoms with E-state index in [0.717, 1.165) is 28.9 Å². The van der Waals surface area contributed by atoms with Crippen LogP contribution in [0, 0.1) is 13.8 Å². The fraction of sp³-hybridized carbons (Fsp3) is 0.217. The average molecular weight is 368 g/mol. The van der Waals surface area contributed by atoms with Crippen LogP contribution in [0.2, 0.25) is 0 Å². The van der Waals surface area contributed by atoms with Crippen LogP contribution in [0.25, 0.3) is 16.8 Å². The van der Waals surface area contributed by atoms with Crippen molar-refractivity contribution in [2.45, 2.75) is 32.6 Å². The van der Waals surface area contributed by atoms with Gasteiger partial charge in [-0.05, 0) is 42.9 Å². The number of fused-ring (bicyclic) bond motifs is 3. The topological polar surface area (TPSA) is 60.2 Å². The van der Waals surface area contributed by atoms with Crippen LogP contribution >= 0.6 is 0 Å². The summed E-state index contributed by atoms with van der Waals surface area (Å²) >= 11 is 0. The van der Waals surface area contributed by atoms with Crippen LogP contribution in [-0.4, -0.2) is 25.6 Å². The molecule has 5 heteroatoms. The van der Waals surface area contributed by atoms with Crippen molar-refractivity contribution in [2.75, 3.05) is 0 Å². The van der Waals surface area contributed by atoms with E-state index in [9.17, 15) is 4.79 Å². The maximum absolute atomic E-state index is 12.8. The zero-order chi connectivity index (χ0) is 19.3. The summed E-state index contributed by atoms with van der Waals surface area (Å²) in [4.78, 5) is 12.8. The molecule has 2 heterocycles. The van der Waals surface area contributed by atoms with Crippen LogP contribution in [0.5, 0.6) is 0 Å². The Labute approximate surface area is 163 Å². The Morgan fingerprint density at radius 2 is 1.68 bits per heavy atom. The first-order valence-corrected chi connectivity index (χ1v) is 9.52. The zero-order valence-electron chi connectivity index (χ0n) is 15.9. The molecule has 4 aromatic rings. The van der Waals surface area contributed by atoms with E-state index in [0.29, 0.717) is 17.8 Å². The predicted octanol–water partition coefficient (Wildman–Crippen LogP) is 4.32. The summed E-state index contributed by atoms with van der Waals surface area (Å²) in [6.45, 7) is 4.08. The molecule has 0 N–H and O–H groups in total. The molecule has 0 saturated heterocycles. The van der Waals surface area contributed by atoms with Crippen molar-refractivity contribution < 1.29 is 4.79 Å². The molecule has 2 aromatic carbocycles. The second kappa shape index (κ2) is 6.37. The quantitative estimate of drug-likeness (QED) is 0.529. The van der Waals surface area contributed by atoms with Crippen LogP contribution in [-0.2, 0) is 6.42 Å². The van der Waals surface area contributed by atoms with Crippen molar-refractivity contribution in [3.8, 4) is 11.1 Å². The Morgan fingerprint density at radius 3 is 2.46 bits per heavy atom. The summed E-state index contributed by atoms with van der Waals surface area (Å²) in [5.41, 5.74) is 7.38. The van der Waals surface area contributed by atoms with Gasteiger partial charge in [0.25, 0.3) is 0 Å². The van der Waals surface area contributed by atoms with Crippen molar-refractivity contribution in [3.05, 3.63) is 82.8 Å². The van der Waals surface area contributed by atoms with Gasteiger partial charge < -0.3 is 0 Å². The fourth-order valence-electron chi connectivity index (χ4n) is 4.28. The standard InChI is InChI=1S/C23H20N4O/c1-14-8-6-7-11-18(14)17-12-19-22(20(28)13-17)24-25-23-21(15(2)26-27(19)23)16-9-4-3-5-10-16/h3-11,17H,12-13H2,1-2H3/t17-/m0/s1. The van der Waals surface area contributed by atoms with Gasteiger partial charge in [-0.1, -0.05) is 54.6 Å². The molecule has 0 bridgehead atoms. The van der Waals surface area contributed by atoms with Gasteiger partial charge >= 0.3 is 0 Å². The van der Waals surface area contributed by atoms with Crippen LogP contribution in [0.3, 0.4) is 0 Å². The number of aryl methyl sites for hydroxylation is 2. The molecule has 0 aliphatic heterocycles. The number of rotatable bonds is 2. The lowest BCUT2D eigenvalue weighted by molar-refractivity contribution is 0.0955. The number of Topliss-reactive ketones (excluding diaryl/α,β-unsaturated/α-hetero) is 1. The van der Waals surface area contributed by atoms with Crippen molar-refractivity contribution in [3.63, 3.8) is 0 Å². The van der Waals surface area contributed by atoms with Gasteiger partial charge in [-0.2, -0.15) is 5.10 Å². The minimum atomic E-state index is 0.0401. The van der Waals surface area contributed by atoms with Crippen LogP contribution < -0.4 is 0 Å². The molecule has 0 radical (unpaired) electrons. The maximum atomic E-state index is 12.8. The highest BCUT2D eigenvalue weighted by Gasteiger charge is 2.32. The minimum absolute atomic E-state index is 0.0401. The summed E-state index contributed by atoms with van der Waals surface area (Å²) in [6.07, 6.45) is 1.19. The molecular weight excluding hydrogens is 348 g/mol. The monoisotopic (exact) mass is 368 g/mol. The molecule has 1 aliphatic rings. The molecular formula is C23H20N4O. The number of hydrogen-bond donors (Lipinski definition) is 0.